The summed E-state index contributed by atoms with van der Waals surface area (Å²) in [4.78, 5) is 26.9. The maximum atomic E-state index is 12.9. The third kappa shape index (κ3) is 4.83. The first-order valence-corrected chi connectivity index (χ1v) is 9.55. The molecule has 0 radical (unpaired) electrons. The monoisotopic (exact) mass is 414 g/mol. The van der Waals surface area contributed by atoms with E-state index in [-0.39, 0.29) is 31.6 Å². The number of hydrogen-bond acceptors (Lipinski definition) is 6. The van der Waals surface area contributed by atoms with Crippen molar-refractivity contribution in [2.45, 2.75) is 19.1 Å². The summed E-state index contributed by atoms with van der Waals surface area (Å²) in [6.07, 6.45) is 0. The zero-order valence-corrected chi connectivity index (χ0v) is 17.3. The third-order valence-electron chi connectivity index (χ3n) is 4.95. The summed E-state index contributed by atoms with van der Waals surface area (Å²) in [7, 11) is 4.70. The molecule has 1 saturated heterocycles. The number of hydrogen-bond donors (Lipinski definition) is 1. The standard InChI is InChI=1S/C22H26N2O6/c1-27-17-9-7-15(8-10-17)12-24-18(13-30-14-20(24)25)22(26)23-11-16-5-4-6-19(28-2)21(16)29-3/h4-10,18H,11-14H2,1-3H3,(H,23,26)/t18-/m0/s1. The van der Waals surface area contributed by atoms with Crippen molar-refractivity contribution in [3.63, 3.8) is 0 Å². The summed E-state index contributed by atoms with van der Waals surface area (Å²) in [6, 6.07) is 12.1. The molecular weight excluding hydrogens is 388 g/mol. The van der Waals surface area contributed by atoms with Crippen molar-refractivity contribution in [3.05, 3.63) is 53.6 Å². The Bertz CT molecular complexity index is 884. The van der Waals surface area contributed by atoms with Crippen LogP contribution in [0.3, 0.4) is 0 Å². The highest BCUT2D eigenvalue weighted by Gasteiger charge is 2.34. The van der Waals surface area contributed by atoms with Crippen LogP contribution in [-0.2, 0) is 27.4 Å². The lowest BCUT2D eigenvalue weighted by molar-refractivity contribution is -0.155. The summed E-state index contributed by atoms with van der Waals surface area (Å²) < 4.78 is 21.2. The summed E-state index contributed by atoms with van der Waals surface area (Å²) in [5, 5.41) is 2.88. The van der Waals surface area contributed by atoms with E-state index in [0.717, 1.165) is 16.9 Å². The highest BCUT2D eigenvalue weighted by Crippen LogP contribution is 2.30. The smallest absolute Gasteiger partial charge is 0.249 e. The van der Waals surface area contributed by atoms with Gasteiger partial charge < -0.3 is 29.2 Å². The molecule has 0 spiro atoms. The van der Waals surface area contributed by atoms with Crippen LogP contribution in [0.1, 0.15) is 11.1 Å². The largest absolute Gasteiger partial charge is 0.497 e. The lowest BCUT2D eigenvalue weighted by Crippen LogP contribution is -2.55. The fourth-order valence-electron chi connectivity index (χ4n) is 3.34. The van der Waals surface area contributed by atoms with Crippen LogP contribution in [0.2, 0.25) is 0 Å². The predicted octanol–water partition coefficient (Wildman–Crippen LogP) is 1.76. The molecule has 30 heavy (non-hydrogen) atoms. The zero-order valence-electron chi connectivity index (χ0n) is 17.3. The maximum absolute atomic E-state index is 12.9. The molecule has 2 aromatic rings. The molecule has 8 heteroatoms. The van der Waals surface area contributed by atoms with Crippen LogP contribution >= 0.6 is 0 Å². The molecule has 1 N–H and O–H groups in total. The van der Waals surface area contributed by atoms with Crippen molar-refractivity contribution in [1.29, 1.82) is 0 Å². The van der Waals surface area contributed by atoms with Gasteiger partial charge in [-0.25, -0.2) is 0 Å². The van der Waals surface area contributed by atoms with E-state index in [4.69, 9.17) is 18.9 Å². The van der Waals surface area contributed by atoms with Gasteiger partial charge in [-0.2, -0.15) is 0 Å². The summed E-state index contributed by atoms with van der Waals surface area (Å²) in [5.41, 5.74) is 1.67. The van der Waals surface area contributed by atoms with Crippen LogP contribution in [0.5, 0.6) is 17.2 Å². The van der Waals surface area contributed by atoms with Gasteiger partial charge in [-0.05, 0) is 23.8 Å². The van der Waals surface area contributed by atoms with E-state index in [1.54, 1.807) is 32.3 Å². The SMILES string of the molecule is COc1ccc(CN2C(=O)COC[C@H]2C(=O)NCc2cccc(OC)c2OC)cc1. The van der Waals surface area contributed by atoms with Gasteiger partial charge >= 0.3 is 0 Å². The number of benzene rings is 2. The van der Waals surface area contributed by atoms with Gasteiger partial charge in [0.2, 0.25) is 11.8 Å². The molecule has 3 rings (SSSR count). The molecule has 1 aliphatic rings. The predicted molar refractivity (Wildman–Crippen MR) is 110 cm³/mol. The van der Waals surface area contributed by atoms with E-state index in [2.05, 4.69) is 5.32 Å². The van der Waals surface area contributed by atoms with Crippen molar-refractivity contribution in [2.75, 3.05) is 34.5 Å². The molecule has 0 aromatic heterocycles. The minimum atomic E-state index is -0.718. The fourth-order valence-corrected chi connectivity index (χ4v) is 3.34. The Hall–Kier alpha value is -3.26. The molecule has 0 bridgehead atoms. The van der Waals surface area contributed by atoms with Gasteiger partial charge in [-0.1, -0.05) is 24.3 Å². The highest BCUT2D eigenvalue weighted by molar-refractivity contribution is 5.89. The zero-order chi connectivity index (χ0) is 21.5. The number of nitrogens with zero attached hydrogens (tertiary/aromatic N) is 1. The molecule has 1 fully saturated rings. The van der Waals surface area contributed by atoms with E-state index in [1.807, 2.05) is 36.4 Å². The lowest BCUT2D eigenvalue weighted by atomic mass is 10.1. The molecule has 160 valence electrons. The highest BCUT2D eigenvalue weighted by atomic mass is 16.5. The van der Waals surface area contributed by atoms with Crippen molar-refractivity contribution in [3.8, 4) is 17.2 Å². The number of methoxy groups -OCH3 is 3. The number of para-hydroxylation sites is 1. The van der Waals surface area contributed by atoms with Crippen LogP contribution < -0.4 is 19.5 Å². The lowest BCUT2D eigenvalue weighted by Gasteiger charge is -2.34. The first kappa shape index (κ1) is 21.4. The average Bonchev–Trinajstić information content (AvgIpc) is 2.78. The second kappa shape index (κ2) is 9.98. The van der Waals surface area contributed by atoms with Crippen molar-refractivity contribution >= 4 is 11.8 Å². The second-order valence-electron chi connectivity index (χ2n) is 6.77. The number of carbonyl (C=O) groups excluding carboxylic acids is 2. The number of carbonyl (C=O) groups is 2. The minimum Gasteiger partial charge on any atom is -0.497 e. The molecule has 1 heterocycles. The molecule has 8 nitrogen and oxygen atoms in total. The van der Waals surface area contributed by atoms with Crippen LogP contribution in [0.4, 0.5) is 0 Å². The second-order valence-corrected chi connectivity index (χ2v) is 6.77. The van der Waals surface area contributed by atoms with Gasteiger partial charge in [0.05, 0.1) is 27.9 Å². The Morgan fingerprint density at radius 1 is 1.10 bits per heavy atom. The number of nitrogens with one attached hydrogen (secondary N) is 1. The fraction of sp³-hybridized carbons (Fsp3) is 0.364. The normalized spacial score (nSPS) is 16.2. The molecule has 0 unspecified atom stereocenters. The van der Waals surface area contributed by atoms with Gasteiger partial charge in [0.1, 0.15) is 18.4 Å². The van der Waals surface area contributed by atoms with E-state index in [9.17, 15) is 9.59 Å². The van der Waals surface area contributed by atoms with Gasteiger partial charge in [0.15, 0.2) is 11.5 Å². The Morgan fingerprint density at radius 3 is 2.53 bits per heavy atom. The Kier molecular flexibility index (Phi) is 7.13. The molecule has 1 aliphatic heterocycles. The van der Waals surface area contributed by atoms with Gasteiger partial charge in [0.25, 0.3) is 0 Å². The molecule has 0 saturated carbocycles. The molecule has 2 amide bonds. The van der Waals surface area contributed by atoms with Gasteiger partial charge in [-0.15, -0.1) is 0 Å². The van der Waals surface area contributed by atoms with E-state index >= 15 is 0 Å². The Morgan fingerprint density at radius 2 is 1.87 bits per heavy atom. The molecular formula is C22H26N2O6. The Balaban J connectivity index is 1.70. The number of ether oxygens (including phenoxy) is 4. The minimum absolute atomic E-state index is 0.0381. The maximum Gasteiger partial charge on any atom is 0.249 e. The molecule has 0 aliphatic carbocycles. The van der Waals surface area contributed by atoms with Gasteiger partial charge in [-0.3, -0.25) is 9.59 Å². The van der Waals surface area contributed by atoms with Crippen LogP contribution in [0.15, 0.2) is 42.5 Å². The first-order valence-electron chi connectivity index (χ1n) is 9.55. The average molecular weight is 414 g/mol. The van der Waals surface area contributed by atoms with Gasteiger partial charge in [0, 0.05) is 18.7 Å². The number of amides is 2. The topological polar surface area (TPSA) is 86.3 Å². The van der Waals surface area contributed by atoms with Crippen molar-refractivity contribution < 1.29 is 28.5 Å². The summed E-state index contributed by atoms with van der Waals surface area (Å²) >= 11 is 0. The van der Waals surface area contributed by atoms with E-state index in [0.29, 0.717) is 18.0 Å². The summed E-state index contributed by atoms with van der Waals surface area (Å²) in [5.74, 6) is 1.36. The van der Waals surface area contributed by atoms with Crippen molar-refractivity contribution in [1.82, 2.24) is 10.2 Å². The number of morpholine rings is 1. The van der Waals surface area contributed by atoms with Crippen LogP contribution in [0, 0.1) is 0 Å². The quantitative estimate of drug-likeness (QED) is 0.708. The van der Waals surface area contributed by atoms with E-state index in [1.165, 1.54) is 0 Å². The third-order valence-corrected chi connectivity index (χ3v) is 4.95. The summed E-state index contributed by atoms with van der Waals surface area (Å²) in [6.45, 7) is 0.652. The van der Waals surface area contributed by atoms with Crippen molar-refractivity contribution in [2.24, 2.45) is 0 Å². The van der Waals surface area contributed by atoms with E-state index < -0.39 is 6.04 Å². The number of rotatable bonds is 8. The first-order chi connectivity index (χ1) is 14.6. The van der Waals surface area contributed by atoms with Crippen LogP contribution in [0.25, 0.3) is 0 Å². The Labute approximate surface area is 175 Å². The molecule has 2 aromatic carbocycles. The molecule has 1 atom stereocenters. The van der Waals surface area contributed by atoms with Crippen LogP contribution in [-0.4, -0.2) is 57.3 Å².